The average Bonchev–Trinajstić information content (AvgIpc) is 2.81. The first-order chi connectivity index (χ1) is 8.51. The van der Waals surface area contributed by atoms with E-state index in [4.69, 9.17) is 0 Å². The van der Waals surface area contributed by atoms with Gasteiger partial charge < -0.3 is 59.8 Å². The molecule has 0 unspecified atom stereocenters. The molecular weight excluding hydrogens is 401 g/mol. The fourth-order valence-corrected chi connectivity index (χ4v) is 2.20. The van der Waals surface area contributed by atoms with Gasteiger partial charge in [0.15, 0.2) is 0 Å². The molecule has 1 aromatic rings. The molecule has 0 heterocycles. The Balaban J connectivity index is -0.0000000409. The van der Waals surface area contributed by atoms with Crippen molar-refractivity contribution < 1.29 is 46.5 Å². The molecule has 2 rings (SSSR count). The van der Waals surface area contributed by atoms with Gasteiger partial charge in [-0.2, -0.15) is 5.70 Å². The van der Waals surface area contributed by atoms with E-state index < -0.39 is 0 Å². The number of halogens is 2. The molecule has 0 bridgehead atoms. The van der Waals surface area contributed by atoms with Crippen LogP contribution in [0.2, 0.25) is 6.55 Å². The van der Waals surface area contributed by atoms with Crippen molar-refractivity contribution in [2.75, 3.05) is 0 Å². The molecule has 25 heavy (non-hydrogen) atoms. The summed E-state index contributed by atoms with van der Waals surface area (Å²) in [6.45, 7) is 8.60. The molecule has 1 aliphatic carbocycles. The van der Waals surface area contributed by atoms with Gasteiger partial charge in [-0.1, -0.05) is 81.1 Å². The monoisotopic (exact) mass is 435 g/mol. The van der Waals surface area contributed by atoms with Crippen molar-refractivity contribution in [1.82, 2.24) is 0 Å². The van der Waals surface area contributed by atoms with E-state index in [1.54, 1.807) is 0 Å². The van der Waals surface area contributed by atoms with E-state index >= 15 is 0 Å². The third-order valence-electron chi connectivity index (χ3n) is 2.36. The molecule has 0 atom stereocenters. The molecule has 0 spiro atoms. The Morgan fingerprint density at radius 1 is 0.920 bits per heavy atom. The number of nitrogens with zero attached hydrogens (tertiary/aromatic N) is 1. The van der Waals surface area contributed by atoms with Crippen molar-refractivity contribution in [3.8, 4) is 0 Å². The van der Waals surface area contributed by atoms with E-state index in [0.29, 0.717) is 9.52 Å². The first kappa shape index (κ1) is 44.5. The number of allylic oxidation sites excluding steroid dienone is 3. The number of rotatable bonds is 2. The molecule has 0 aromatic heterocycles. The smallest absolute Gasteiger partial charge is 1.00 e. The van der Waals surface area contributed by atoms with Crippen molar-refractivity contribution in [2.45, 2.75) is 39.3 Å². The van der Waals surface area contributed by atoms with Gasteiger partial charge in [-0.3, -0.25) is 0 Å². The van der Waals surface area contributed by atoms with Crippen molar-refractivity contribution in [3.63, 3.8) is 0 Å². The molecular formula is C20H35Cl2NSiTi-5. The molecule has 1 radical (unpaired) electrons. The molecule has 147 valence electrons. The molecule has 0 aliphatic heterocycles. The van der Waals surface area contributed by atoms with E-state index in [1.807, 2.05) is 0 Å². The van der Waals surface area contributed by atoms with Crippen molar-refractivity contribution in [3.05, 3.63) is 89.3 Å². The number of hydrogen-bond donors (Lipinski definition) is 0. The van der Waals surface area contributed by atoms with Gasteiger partial charge in [0.25, 0.3) is 0 Å². The first-order valence-electron chi connectivity index (χ1n) is 6.44. The van der Waals surface area contributed by atoms with Gasteiger partial charge in [0.1, 0.15) is 0 Å². The Morgan fingerprint density at radius 3 is 1.68 bits per heavy atom. The fourth-order valence-electron chi connectivity index (χ4n) is 1.60. The molecule has 1 nitrogen and oxygen atoms in total. The topological polar surface area (TPSA) is 14.1 Å². The molecule has 0 fully saturated rings. The minimum Gasteiger partial charge on any atom is -1.00 e. The molecule has 0 amide bonds. The molecule has 0 saturated carbocycles. The van der Waals surface area contributed by atoms with Gasteiger partial charge in [-0.05, 0) is 6.42 Å². The first-order valence-corrected chi connectivity index (χ1v) is 8.17. The van der Waals surface area contributed by atoms with Crippen LogP contribution in [0, 0.1) is 29.7 Å². The summed E-state index contributed by atoms with van der Waals surface area (Å²) in [5.41, 5.74) is 1.28. The molecule has 0 N–H and O–H groups in total. The van der Waals surface area contributed by atoms with Crippen molar-refractivity contribution >= 4 is 14.7 Å². The Morgan fingerprint density at radius 2 is 1.40 bits per heavy atom. The van der Waals surface area contributed by atoms with Crippen LogP contribution < -0.4 is 30.0 Å². The zero-order valence-electron chi connectivity index (χ0n) is 17.1. The maximum atomic E-state index is 4.51. The normalized spacial score (nSPS) is 9.84. The van der Waals surface area contributed by atoms with Gasteiger partial charge in [-0.15, -0.1) is 5.54 Å². The average molecular weight is 436 g/mol. The molecule has 0 saturated heterocycles. The van der Waals surface area contributed by atoms with E-state index in [2.05, 4.69) is 81.2 Å². The summed E-state index contributed by atoms with van der Waals surface area (Å²) in [7, 11) is 0.511. The second-order valence-electron chi connectivity index (χ2n) is 5.27. The van der Waals surface area contributed by atoms with Gasteiger partial charge >= 0.3 is 21.7 Å². The second-order valence-corrected chi connectivity index (χ2v) is 6.52. The van der Waals surface area contributed by atoms with E-state index in [-0.39, 0.29) is 81.8 Å². The predicted octanol–water partition coefficient (Wildman–Crippen LogP) is -0.394. The summed E-state index contributed by atoms with van der Waals surface area (Å²) in [4.78, 5) is 0. The fraction of sp³-hybridized carbons (Fsp3) is 0.300. The zero-order chi connectivity index (χ0) is 13.4. The minimum atomic E-state index is 0. The predicted molar refractivity (Wildman–Crippen MR) is 110 cm³/mol. The van der Waals surface area contributed by atoms with Crippen molar-refractivity contribution in [2.24, 2.45) is 0 Å². The minimum absolute atomic E-state index is 0. The summed E-state index contributed by atoms with van der Waals surface area (Å²) in [6.07, 6.45) is 7.28. The van der Waals surface area contributed by atoms with Crippen LogP contribution in [-0.2, 0) is 21.7 Å². The standard InChI is InChI=1S/C9H14N.C7H9Si.4CH3.2ClH.Ti/c1-9(2,3)10-8-6-4-5-7-8;1-8-7-5-3-2-4-6-7;;;;;;;/h4-6H,7H2,1-3H3;2-6,8H,1H3;4*1H3;2*1H;/q-1;;4*-1;;;+2/p-2. The maximum Gasteiger partial charge on any atom is 2.00 e. The van der Waals surface area contributed by atoms with E-state index in [0.717, 1.165) is 6.42 Å². The summed E-state index contributed by atoms with van der Waals surface area (Å²) < 4.78 is 0. The maximum absolute atomic E-state index is 4.51. The van der Waals surface area contributed by atoms with Crippen LogP contribution in [-0.4, -0.2) is 15.1 Å². The van der Waals surface area contributed by atoms with Crippen LogP contribution in [0.25, 0.3) is 5.32 Å². The third kappa shape index (κ3) is 24.0. The number of hydrogen-bond acceptors (Lipinski definition) is 0. The summed E-state index contributed by atoms with van der Waals surface area (Å²) >= 11 is 0. The Kier molecular flexibility index (Phi) is 42.7. The van der Waals surface area contributed by atoms with Crippen LogP contribution in [0.3, 0.4) is 0 Å². The Hall–Kier alpha value is 0.0112. The van der Waals surface area contributed by atoms with Crippen LogP contribution in [0.5, 0.6) is 0 Å². The second kappa shape index (κ2) is 24.0. The van der Waals surface area contributed by atoms with Crippen LogP contribution in [0.4, 0.5) is 0 Å². The summed E-state index contributed by atoms with van der Waals surface area (Å²) in [5, 5.41) is 6.00. The van der Waals surface area contributed by atoms with Crippen LogP contribution in [0.15, 0.2) is 54.3 Å². The van der Waals surface area contributed by atoms with Crippen LogP contribution >= 0.6 is 0 Å². The third-order valence-corrected chi connectivity index (χ3v) is 3.42. The van der Waals surface area contributed by atoms with Crippen molar-refractivity contribution in [1.29, 1.82) is 0 Å². The van der Waals surface area contributed by atoms with Crippen LogP contribution in [0.1, 0.15) is 27.2 Å². The zero-order valence-corrected chi connectivity index (χ0v) is 21.3. The Bertz CT molecular complexity index is 415. The van der Waals surface area contributed by atoms with Gasteiger partial charge in [0.05, 0.1) is 9.52 Å². The van der Waals surface area contributed by atoms with E-state index in [9.17, 15) is 0 Å². The summed E-state index contributed by atoms with van der Waals surface area (Å²) in [5.74, 6) is 0. The SMILES string of the molecule is CC(C)(C)[N-]C1=CC=CC1.C[SiH]c1ccccc1.[CH3-].[CH3-].[CH3-].[CH3-].[Cl-].[Cl-].[Ti+2]. The number of benzene rings is 1. The quantitative estimate of drug-likeness (QED) is 0.443. The summed E-state index contributed by atoms with van der Waals surface area (Å²) in [6, 6.07) is 10.6. The van der Waals surface area contributed by atoms with E-state index in [1.165, 1.54) is 10.9 Å². The molecule has 1 aliphatic rings. The molecule has 5 heteroatoms. The largest absolute Gasteiger partial charge is 2.00 e. The molecule has 1 aromatic carbocycles. The van der Waals surface area contributed by atoms with Gasteiger partial charge in [0.2, 0.25) is 0 Å². The Labute approximate surface area is 189 Å². The van der Waals surface area contributed by atoms with Gasteiger partial charge in [-0.25, -0.2) is 0 Å². The van der Waals surface area contributed by atoms with Gasteiger partial charge in [0, 0.05) is 0 Å².